The maximum Gasteiger partial charge on any atom is 0.410 e. The summed E-state index contributed by atoms with van der Waals surface area (Å²) in [7, 11) is -1.45. The number of nitrogens with zero attached hydrogens (tertiary/aromatic N) is 1. The molecule has 0 spiro atoms. The molecule has 2 aromatic carbocycles. The average Bonchev–Trinajstić information content (AvgIpc) is 2.72. The number of ether oxygens (including phenoxy) is 1. The molecule has 0 fully saturated rings. The van der Waals surface area contributed by atoms with E-state index in [2.05, 4.69) is 6.58 Å². The largest absolute Gasteiger partial charge is 0.444 e. The lowest BCUT2D eigenvalue weighted by Crippen LogP contribution is -2.51. The van der Waals surface area contributed by atoms with E-state index in [-0.39, 0.29) is 12.3 Å². The van der Waals surface area contributed by atoms with Gasteiger partial charge in [-0.15, -0.1) is 0 Å². The Morgan fingerprint density at radius 3 is 2.18 bits per heavy atom. The molecule has 0 aliphatic carbocycles. The molecule has 0 unspecified atom stereocenters. The van der Waals surface area contributed by atoms with Crippen molar-refractivity contribution in [2.75, 3.05) is 0 Å². The molecule has 0 aliphatic heterocycles. The maximum atomic E-state index is 13.2. The van der Waals surface area contributed by atoms with Crippen molar-refractivity contribution in [2.45, 2.75) is 77.2 Å². The molecule has 6 heteroatoms. The van der Waals surface area contributed by atoms with Crippen LogP contribution in [0, 0.1) is 12.8 Å². The third-order valence-corrected chi connectivity index (χ3v) is 6.59. The lowest BCUT2D eigenvalue weighted by molar-refractivity contribution is -0.0192. The lowest BCUT2D eigenvalue weighted by atomic mass is 9.94. The van der Waals surface area contributed by atoms with Crippen molar-refractivity contribution in [1.82, 2.24) is 4.90 Å². The molecule has 33 heavy (non-hydrogen) atoms. The van der Waals surface area contributed by atoms with Gasteiger partial charge in [0, 0.05) is 22.8 Å². The summed E-state index contributed by atoms with van der Waals surface area (Å²) in [5.41, 5.74) is 1.34. The van der Waals surface area contributed by atoms with E-state index < -0.39 is 34.6 Å². The zero-order valence-electron chi connectivity index (χ0n) is 20.6. The normalized spacial score (nSPS) is 14.4. The number of amides is 1. The Bertz CT molecular complexity index is 948. The molecule has 3 atom stereocenters. The number of hydrogen-bond donors (Lipinski definition) is 1. The molecule has 0 radical (unpaired) electrons. The summed E-state index contributed by atoms with van der Waals surface area (Å²) < 4.78 is 18.6. The van der Waals surface area contributed by atoms with Gasteiger partial charge in [-0.2, -0.15) is 0 Å². The number of aryl methyl sites for hydroxylation is 1. The van der Waals surface area contributed by atoms with E-state index in [4.69, 9.17) is 4.74 Å². The summed E-state index contributed by atoms with van der Waals surface area (Å²) in [6, 6.07) is 16.5. The number of rotatable bonds is 9. The van der Waals surface area contributed by atoms with Crippen LogP contribution in [0.25, 0.3) is 0 Å². The van der Waals surface area contributed by atoms with E-state index in [1.807, 2.05) is 96.1 Å². The van der Waals surface area contributed by atoms with Crippen LogP contribution in [0.1, 0.15) is 52.2 Å². The van der Waals surface area contributed by atoms with Crippen molar-refractivity contribution in [3.05, 3.63) is 77.2 Å². The van der Waals surface area contributed by atoms with Gasteiger partial charge >= 0.3 is 6.09 Å². The molecule has 180 valence electrons. The highest BCUT2D eigenvalue weighted by Gasteiger charge is 2.35. The second-order valence-corrected chi connectivity index (χ2v) is 11.3. The van der Waals surface area contributed by atoms with Crippen molar-refractivity contribution in [2.24, 2.45) is 5.92 Å². The first-order chi connectivity index (χ1) is 15.4. The van der Waals surface area contributed by atoms with Crippen molar-refractivity contribution in [3.63, 3.8) is 0 Å². The highest BCUT2D eigenvalue weighted by atomic mass is 32.2. The van der Waals surface area contributed by atoms with E-state index >= 15 is 0 Å². The second kappa shape index (κ2) is 11.6. The van der Waals surface area contributed by atoms with Gasteiger partial charge in [0.25, 0.3) is 0 Å². The third-order valence-electron chi connectivity index (χ3n) is 5.19. The van der Waals surface area contributed by atoms with Crippen LogP contribution < -0.4 is 0 Å². The fourth-order valence-electron chi connectivity index (χ4n) is 3.66. The first kappa shape index (κ1) is 26.8. The molecule has 2 rings (SSSR count). The molecule has 5 nitrogen and oxygen atoms in total. The van der Waals surface area contributed by atoms with Crippen LogP contribution in [0.15, 0.2) is 71.0 Å². The predicted octanol–water partition coefficient (Wildman–Crippen LogP) is 5.83. The highest BCUT2D eigenvalue weighted by Crippen LogP contribution is 2.26. The lowest BCUT2D eigenvalue weighted by Gasteiger charge is -2.38. The fraction of sp³-hybridized carbons (Fsp3) is 0.444. The van der Waals surface area contributed by atoms with Gasteiger partial charge in [-0.25, -0.2) is 9.00 Å². The van der Waals surface area contributed by atoms with Crippen molar-refractivity contribution in [1.29, 1.82) is 0 Å². The fourth-order valence-corrected chi connectivity index (χ4v) is 4.70. The van der Waals surface area contributed by atoms with Gasteiger partial charge in [-0.1, -0.05) is 68.5 Å². The van der Waals surface area contributed by atoms with Gasteiger partial charge in [0.1, 0.15) is 5.60 Å². The number of aliphatic hydroxyl groups is 1. The Balaban J connectivity index is 2.28. The van der Waals surface area contributed by atoms with E-state index in [1.54, 1.807) is 4.90 Å². The topological polar surface area (TPSA) is 66.8 Å². The number of carbonyl (C=O) groups is 1. The summed E-state index contributed by atoms with van der Waals surface area (Å²) in [6.45, 7) is 15.6. The highest BCUT2D eigenvalue weighted by molar-refractivity contribution is 7.89. The van der Waals surface area contributed by atoms with Crippen LogP contribution in [-0.2, 0) is 22.1 Å². The molecule has 0 saturated carbocycles. The Kier molecular flexibility index (Phi) is 9.44. The smallest absolute Gasteiger partial charge is 0.410 e. The van der Waals surface area contributed by atoms with Gasteiger partial charge in [0.15, 0.2) is 0 Å². The molecular weight excluding hydrogens is 434 g/mol. The molecular formula is C27H37NO4S. The molecule has 0 saturated heterocycles. The summed E-state index contributed by atoms with van der Waals surface area (Å²) in [5.74, 6) is -0.0724. The molecule has 0 aromatic heterocycles. The summed E-state index contributed by atoms with van der Waals surface area (Å²) >= 11 is 0. The van der Waals surface area contributed by atoms with E-state index in [0.29, 0.717) is 16.3 Å². The van der Waals surface area contributed by atoms with Gasteiger partial charge in [0.05, 0.1) is 22.9 Å². The third kappa shape index (κ3) is 8.13. The Hall–Kier alpha value is -2.44. The summed E-state index contributed by atoms with van der Waals surface area (Å²) in [5, 5.41) is 11.2. The standard InChI is InChI=1S/C27H37NO4S/c1-19(2)25(24(29)17-21(4)33(31)23-15-13-20(3)14-16-23)28(26(30)32-27(5,6)7)18-22-11-9-8-10-12-22/h8-16,19,24-25,29H,4,17-18H2,1-3,5-7H3/t24-,25+,33-/m1/s1. The van der Waals surface area contributed by atoms with E-state index in [9.17, 15) is 14.1 Å². The number of carbonyl (C=O) groups excluding carboxylic acids is 1. The number of aliphatic hydroxyl groups excluding tert-OH is 1. The van der Waals surface area contributed by atoms with Gasteiger partial charge in [-0.05, 0) is 51.3 Å². The van der Waals surface area contributed by atoms with Crippen LogP contribution in [0.2, 0.25) is 0 Å². The Labute approximate surface area is 200 Å². The zero-order valence-corrected chi connectivity index (χ0v) is 21.4. The van der Waals surface area contributed by atoms with Crippen molar-refractivity contribution >= 4 is 16.9 Å². The van der Waals surface area contributed by atoms with Gasteiger partial charge in [-0.3, -0.25) is 4.90 Å². The molecule has 2 aromatic rings. The maximum absolute atomic E-state index is 13.2. The first-order valence-electron chi connectivity index (χ1n) is 11.3. The predicted molar refractivity (Wildman–Crippen MR) is 134 cm³/mol. The minimum absolute atomic E-state index is 0.0724. The van der Waals surface area contributed by atoms with Crippen LogP contribution >= 0.6 is 0 Å². The number of benzene rings is 2. The summed E-state index contributed by atoms with van der Waals surface area (Å²) in [6.07, 6.45) is -1.34. The molecule has 0 bridgehead atoms. The van der Waals surface area contributed by atoms with Gasteiger partial charge in [0.2, 0.25) is 0 Å². The van der Waals surface area contributed by atoms with Crippen LogP contribution in [0.3, 0.4) is 0 Å². The van der Waals surface area contributed by atoms with Crippen molar-refractivity contribution in [3.8, 4) is 0 Å². The molecule has 0 heterocycles. The molecule has 0 aliphatic rings. The Morgan fingerprint density at radius 2 is 1.67 bits per heavy atom. The SMILES string of the molecule is C=C(C[C@@H](O)[C@H](C(C)C)N(Cc1ccccc1)C(=O)OC(C)(C)C)[S@@](=O)c1ccc(C)cc1. The zero-order chi connectivity index (χ0) is 24.8. The van der Waals surface area contributed by atoms with Crippen LogP contribution in [0.5, 0.6) is 0 Å². The second-order valence-electron chi connectivity index (χ2n) is 9.72. The van der Waals surface area contributed by atoms with Crippen LogP contribution in [-0.4, -0.2) is 38.1 Å². The molecule has 1 amide bonds. The minimum Gasteiger partial charge on any atom is -0.444 e. The van der Waals surface area contributed by atoms with Crippen molar-refractivity contribution < 1.29 is 18.8 Å². The quantitative estimate of drug-likeness (QED) is 0.500. The van der Waals surface area contributed by atoms with E-state index in [0.717, 1.165) is 11.1 Å². The Morgan fingerprint density at radius 1 is 1.09 bits per heavy atom. The summed E-state index contributed by atoms with van der Waals surface area (Å²) in [4.78, 5) is 15.8. The number of hydrogen-bond acceptors (Lipinski definition) is 4. The van der Waals surface area contributed by atoms with Crippen LogP contribution in [0.4, 0.5) is 4.79 Å². The minimum atomic E-state index is -1.45. The first-order valence-corrected chi connectivity index (χ1v) is 12.4. The monoisotopic (exact) mass is 471 g/mol. The average molecular weight is 472 g/mol. The van der Waals surface area contributed by atoms with Gasteiger partial charge < -0.3 is 9.84 Å². The van der Waals surface area contributed by atoms with E-state index in [1.165, 1.54) is 0 Å². The molecule has 1 N–H and O–H groups in total.